The fourth-order valence-corrected chi connectivity index (χ4v) is 1.57. The van der Waals surface area contributed by atoms with Crippen LogP contribution >= 0.6 is 11.6 Å². The van der Waals surface area contributed by atoms with E-state index in [9.17, 15) is 4.79 Å². The number of hydrogen-bond donors (Lipinski definition) is 0. The van der Waals surface area contributed by atoms with Crippen molar-refractivity contribution in [2.75, 3.05) is 6.61 Å². The van der Waals surface area contributed by atoms with Crippen LogP contribution in [0.15, 0.2) is 18.2 Å². The molecule has 1 aromatic carbocycles. The van der Waals surface area contributed by atoms with Gasteiger partial charge >= 0.3 is 0 Å². The maximum Gasteiger partial charge on any atom is 0.138 e. The molecule has 0 aliphatic carbocycles. The third-order valence-corrected chi connectivity index (χ3v) is 2.39. The molecule has 2 nitrogen and oxygen atoms in total. The van der Waals surface area contributed by atoms with Crippen molar-refractivity contribution in [3.8, 4) is 5.75 Å². The van der Waals surface area contributed by atoms with Crippen molar-refractivity contribution in [1.29, 1.82) is 0 Å². The van der Waals surface area contributed by atoms with Crippen molar-refractivity contribution < 1.29 is 9.53 Å². The lowest BCUT2D eigenvalue weighted by Gasteiger charge is -2.11. The van der Waals surface area contributed by atoms with E-state index in [0.29, 0.717) is 17.4 Å². The minimum absolute atomic E-state index is 0.192. The lowest BCUT2D eigenvalue weighted by atomic mass is 10.0. The van der Waals surface area contributed by atoms with E-state index in [1.165, 1.54) is 0 Å². The van der Waals surface area contributed by atoms with Crippen molar-refractivity contribution in [2.24, 2.45) is 0 Å². The number of benzene rings is 1. The number of carbonyl (C=O) groups is 1. The van der Waals surface area contributed by atoms with E-state index in [0.717, 1.165) is 11.8 Å². The predicted octanol–water partition coefficient (Wildman–Crippen LogP) is 3.04. The van der Waals surface area contributed by atoms with Crippen LogP contribution in [0.25, 0.3) is 0 Å². The molecule has 0 heterocycles. The number of aldehydes is 1. The summed E-state index contributed by atoms with van der Waals surface area (Å²) in [5, 5.41) is 0.536. The van der Waals surface area contributed by atoms with Gasteiger partial charge in [-0.25, -0.2) is 0 Å². The Kier molecular flexibility index (Phi) is 3.96. The topological polar surface area (TPSA) is 26.3 Å². The van der Waals surface area contributed by atoms with Gasteiger partial charge in [0.1, 0.15) is 12.0 Å². The second-order valence-electron chi connectivity index (χ2n) is 3.02. The van der Waals surface area contributed by atoms with Gasteiger partial charge in [-0.3, -0.25) is 0 Å². The van der Waals surface area contributed by atoms with Gasteiger partial charge in [-0.05, 0) is 18.6 Å². The molecule has 0 aliphatic heterocycles. The zero-order valence-electron chi connectivity index (χ0n) is 8.29. The number of halogens is 1. The quantitative estimate of drug-likeness (QED) is 0.718. The molecule has 76 valence electrons. The Bertz CT molecular complexity index is 323. The first-order chi connectivity index (χ1) is 6.70. The number of hydrogen-bond acceptors (Lipinski definition) is 2. The lowest BCUT2D eigenvalue weighted by molar-refractivity contribution is -0.108. The molecule has 0 saturated carbocycles. The van der Waals surface area contributed by atoms with Gasteiger partial charge in [0.15, 0.2) is 0 Å². The van der Waals surface area contributed by atoms with Crippen molar-refractivity contribution >= 4 is 17.9 Å². The molecule has 0 spiro atoms. The number of rotatable bonds is 4. The largest absolute Gasteiger partial charge is 0.492 e. The number of ether oxygens (including phenoxy) is 1. The van der Waals surface area contributed by atoms with Crippen LogP contribution in [0.4, 0.5) is 0 Å². The van der Waals surface area contributed by atoms with E-state index in [2.05, 4.69) is 0 Å². The molecule has 0 amide bonds. The Balaban J connectivity index is 3.06. The minimum Gasteiger partial charge on any atom is -0.492 e. The molecule has 1 aromatic rings. The molecule has 1 atom stereocenters. The smallest absolute Gasteiger partial charge is 0.138 e. The fraction of sp³-hybridized carbons (Fsp3) is 0.364. The van der Waals surface area contributed by atoms with Crippen LogP contribution in [-0.2, 0) is 4.79 Å². The van der Waals surface area contributed by atoms with E-state index in [4.69, 9.17) is 16.3 Å². The Morgan fingerprint density at radius 3 is 2.86 bits per heavy atom. The van der Waals surface area contributed by atoms with Gasteiger partial charge in [-0.1, -0.05) is 30.7 Å². The zero-order chi connectivity index (χ0) is 10.6. The van der Waals surface area contributed by atoms with E-state index < -0.39 is 0 Å². The Morgan fingerprint density at radius 1 is 1.57 bits per heavy atom. The average Bonchev–Trinajstić information content (AvgIpc) is 2.20. The first-order valence-electron chi connectivity index (χ1n) is 4.57. The van der Waals surface area contributed by atoms with E-state index >= 15 is 0 Å². The average molecular weight is 213 g/mol. The highest BCUT2D eigenvalue weighted by atomic mass is 35.5. The van der Waals surface area contributed by atoms with Gasteiger partial charge < -0.3 is 9.53 Å². The molecule has 1 unspecified atom stereocenters. The third kappa shape index (κ3) is 2.26. The third-order valence-electron chi connectivity index (χ3n) is 1.99. The van der Waals surface area contributed by atoms with Crippen molar-refractivity contribution in [3.63, 3.8) is 0 Å². The Hall–Kier alpha value is -1.02. The Morgan fingerprint density at radius 2 is 2.29 bits per heavy atom. The molecule has 0 saturated heterocycles. The summed E-state index contributed by atoms with van der Waals surface area (Å²) in [7, 11) is 0. The molecule has 0 radical (unpaired) electrons. The molecule has 0 aromatic heterocycles. The molecule has 0 bridgehead atoms. The normalized spacial score (nSPS) is 12.2. The summed E-state index contributed by atoms with van der Waals surface area (Å²) in [6.45, 7) is 4.27. The van der Waals surface area contributed by atoms with Crippen molar-refractivity contribution in [2.45, 2.75) is 19.8 Å². The zero-order valence-corrected chi connectivity index (χ0v) is 9.04. The summed E-state index contributed by atoms with van der Waals surface area (Å²) in [4.78, 5) is 10.6. The summed E-state index contributed by atoms with van der Waals surface area (Å²) >= 11 is 6.08. The molecular weight excluding hydrogens is 200 g/mol. The summed E-state index contributed by atoms with van der Waals surface area (Å²) in [5.74, 6) is 0.447. The molecule has 0 aliphatic rings. The van der Waals surface area contributed by atoms with Crippen LogP contribution in [0.3, 0.4) is 0 Å². The summed E-state index contributed by atoms with van der Waals surface area (Å²) in [5.41, 5.74) is 0.813. The highest BCUT2D eigenvalue weighted by Gasteiger charge is 2.11. The summed E-state index contributed by atoms with van der Waals surface area (Å²) in [6, 6.07) is 5.48. The first kappa shape index (κ1) is 11.1. The minimum atomic E-state index is -0.192. The summed E-state index contributed by atoms with van der Waals surface area (Å²) < 4.78 is 5.32. The SMILES string of the molecule is CCOc1cccc(C(C)C=O)c1Cl. The van der Waals surface area contributed by atoms with Gasteiger partial charge in [-0.2, -0.15) is 0 Å². The van der Waals surface area contributed by atoms with Gasteiger partial charge in [-0.15, -0.1) is 0 Å². The van der Waals surface area contributed by atoms with Crippen LogP contribution in [0.5, 0.6) is 5.75 Å². The standard InChI is InChI=1S/C11H13ClO2/c1-3-14-10-6-4-5-9(11(10)12)8(2)7-13/h4-8H,3H2,1-2H3. The molecule has 3 heteroatoms. The van der Waals surface area contributed by atoms with Gasteiger partial charge in [0.25, 0.3) is 0 Å². The second-order valence-corrected chi connectivity index (χ2v) is 3.40. The fourth-order valence-electron chi connectivity index (χ4n) is 1.22. The molecule has 14 heavy (non-hydrogen) atoms. The van der Waals surface area contributed by atoms with Crippen molar-refractivity contribution in [1.82, 2.24) is 0 Å². The van der Waals surface area contributed by atoms with Crippen LogP contribution < -0.4 is 4.74 Å². The molecule has 0 N–H and O–H groups in total. The van der Waals surface area contributed by atoms with E-state index in [1.807, 2.05) is 26.0 Å². The molecule has 0 fully saturated rings. The molecular formula is C11H13ClO2. The lowest BCUT2D eigenvalue weighted by Crippen LogP contribution is -1.98. The van der Waals surface area contributed by atoms with E-state index in [1.54, 1.807) is 6.07 Å². The maximum atomic E-state index is 10.6. The molecule has 1 rings (SSSR count). The number of carbonyl (C=O) groups excluding carboxylic acids is 1. The Labute approximate surface area is 88.8 Å². The second kappa shape index (κ2) is 5.01. The van der Waals surface area contributed by atoms with Crippen LogP contribution in [-0.4, -0.2) is 12.9 Å². The van der Waals surface area contributed by atoms with Crippen LogP contribution in [0.1, 0.15) is 25.3 Å². The van der Waals surface area contributed by atoms with Crippen molar-refractivity contribution in [3.05, 3.63) is 28.8 Å². The monoisotopic (exact) mass is 212 g/mol. The van der Waals surface area contributed by atoms with Crippen LogP contribution in [0.2, 0.25) is 5.02 Å². The predicted molar refractivity (Wildman–Crippen MR) is 57.1 cm³/mol. The first-order valence-corrected chi connectivity index (χ1v) is 4.95. The maximum absolute atomic E-state index is 10.6. The summed E-state index contributed by atoms with van der Waals surface area (Å²) in [6.07, 6.45) is 0.872. The van der Waals surface area contributed by atoms with E-state index in [-0.39, 0.29) is 5.92 Å². The van der Waals surface area contributed by atoms with Gasteiger partial charge in [0.2, 0.25) is 0 Å². The highest BCUT2D eigenvalue weighted by Crippen LogP contribution is 2.31. The highest BCUT2D eigenvalue weighted by molar-refractivity contribution is 6.33. The van der Waals surface area contributed by atoms with Gasteiger partial charge in [0.05, 0.1) is 11.6 Å². The van der Waals surface area contributed by atoms with Gasteiger partial charge in [0, 0.05) is 5.92 Å². The van der Waals surface area contributed by atoms with Crippen LogP contribution in [0, 0.1) is 0 Å².